The van der Waals surface area contributed by atoms with Crippen molar-refractivity contribution in [2.45, 2.75) is 64.5 Å². The van der Waals surface area contributed by atoms with Gasteiger partial charge in [0.1, 0.15) is 0 Å². The van der Waals surface area contributed by atoms with Gasteiger partial charge in [-0.15, -0.1) is 0 Å². The van der Waals surface area contributed by atoms with Crippen LogP contribution < -0.4 is 5.32 Å². The van der Waals surface area contributed by atoms with Gasteiger partial charge in [-0.3, -0.25) is 4.90 Å². The summed E-state index contributed by atoms with van der Waals surface area (Å²) in [5.74, 6) is 0.794. The highest BCUT2D eigenvalue weighted by Gasteiger charge is 2.40. The normalized spacial score (nSPS) is 28.8. The molecule has 2 aliphatic rings. The van der Waals surface area contributed by atoms with E-state index in [0.717, 1.165) is 18.5 Å². The molecule has 0 aromatic rings. The fraction of sp³-hybridized carbons (Fsp3) is 0.875. The molecule has 0 aromatic carbocycles. The minimum absolute atomic E-state index is 0.453. The first-order valence-corrected chi connectivity index (χ1v) is 7.75. The number of piperazine rings is 1. The van der Waals surface area contributed by atoms with Crippen LogP contribution in [0.2, 0.25) is 0 Å². The predicted molar refractivity (Wildman–Crippen MR) is 78.8 cm³/mol. The second-order valence-corrected chi connectivity index (χ2v) is 6.65. The van der Waals surface area contributed by atoms with E-state index in [0.29, 0.717) is 5.54 Å². The molecular weight excluding hydrogens is 220 g/mol. The molecule has 2 nitrogen and oxygen atoms in total. The van der Waals surface area contributed by atoms with Crippen molar-refractivity contribution < 1.29 is 0 Å². The maximum absolute atomic E-state index is 3.89. The molecule has 0 bridgehead atoms. The van der Waals surface area contributed by atoms with E-state index in [-0.39, 0.29) is 0 Å². The first kappa shape index (κ1) is 14.1. The van der Waals surface area contributed by atoms with Crippen LogP contribution in [0.25, 0.3) is 0 Å². The summed E-state index contributed by atoms with van der Waals surface area (Å²) < 4.78 is 0. The van der Waals surface area contributed by atoms with Crippen LogP contribution in [-0.4, -0.2) is 36.1 Å². The van der Waals surface area contributed by atoms with Crippen molar-refractivity contribution in [2.24, 2.45) is 5.92 Å². The number of allylic oxidation sites excluding steroid dienone is 1. The van der Waals surface area contributed by atoms with Crippen LogP contribution in [0.4, 0.5) is 0 Å². The zero-order chi connectivity index (χ0) is 13.0. The van der Waals surface area contributed by atoms with E-state index >= 15 is 0 Å². The average molecular weight is 250 g/mol. The second kappa shape index (κ2) is 6.21. The topological polar surface area (TPSA) is 15.3 Å². The molecule has 2 rings (SSSR count). The largest absolute Gasteiger partial charge is 0.308 e. The lowest BCUT2D eigenvalue weighted by Crippen LogP contribution is -2.63. The summed E-state index contributed by atoms with van der Waals surface area (Å²) in [6.45, 7) is 10.4. The molecule has 1 unspecified atom stereocenters. The van der Waals surface area contributed by atoms with E-state index < -0.39 is 0 Å². The molecule has 1 saturated carbocycles. The van der Waals surface area contributed by atoms with Crippen molar-refractivity contribution in [3.63, 3.8) is 0 Å². The van der Waals surface area contributed by atoms with Crippen molar-refractivity contribution in [1.82, 2.24) is 10.2 Å². The molecule has 1 N–H and O–H groups in total. The first-order chi connectivity index (χ1) is 8.65. The fourth-order valence-corrected chi connectivity index (χ4v) is 3.65. The van der Waals surface area contributed by atoms with E-state index in [2.05, 4.69) is 43.1 Å². The number of hydrogen-bond donors (Lipinski definition) is 1. The molecular formula is C16H30N2. The monoisotopic (exact) mass is 250 g/mol. The Morgan fingerprint density at radius 3 is 2.67 bits per heavy atom. The highest BCUT2D eigenvalue weighted by Crippen LogP contribution is 2.34. The van der Waals surface area contributed by atoms with Gasteiger partial charge in [0.05, 0.1) is 0 Å². The molecule has 0 radical (unpaired) electrons. The Kier molecular flexibility index (Phi) is 4.85. The van der Waals surface area contributed by atoms with Crippen LogP contribution in [0.1, 0.15) is 52.9 Å². The van der Waals surface area contributed by atoms with E-state index in [4.69, 9.17) is 0 Å². The van der Waals surface area contributed by atoms with Gasteiger partial charge < -0.3 is 5.32 Å². The zero-order valence-electron chi connectivity index (χ0n) is 12.4. The molecule has 0 amide bonds. The Bertz CT molecular complexity index is 277. The fourth-order valence-electron chi connectivity index (χ4n) is 3.65. The van der Waals surface area contributed by atoms with Gasteiger partial charge in [0.2, 0.25) is 0 Å². The molecule has 1 saturated heterocycles. The van der Waals surface area contributed by atoms with Crippen LogP contribution >= 0.6 is 0 Å². The summed E-state index contributed by atoms with van der Waals surface area (Å²) in [6, 6.07) is 0.729. The number of rotatable bonds is 4. The summed E-state index contributed by atoms with van der Waals surface area (Å²) in [6.07, 6.45) is 11.4. The molecule has 104 valence electrons. The molecule has 1 aliphatic carbocycles. The van der Waals surface area contributed by atoms with E-state index in [1.54, 1.807) is 0 Å². The second-order valence-electron chi connectivity index (χ2n) is 6.65. The van der Waals surface area contributed by atoms with E-state index in [1.807, 2.05) is 0 Å². The lowest BCUT2D eigenvalue weighted by Gasteiger charge is -2.46. The Hall–Kier alpha value is -0.340. The number of nitrogens with one attached hydrogen (secondary N) is 1. The van der Waals surface area contributed by atoms with Gasteiger partial charge >= 0.3 is 0 Å². The first-order valence-electron chi connectivity index (χ1n) is 7.75. The third-order valence-electron chi connectivity index (χ3n) is 4.61. The highest BCUT2D eigenvalue weighted by molar-refractivity contribution is 5.02. The molecule has 0 aromatic heterocycles. The highest BCUT2D eigenvalue weighted by atomic mass is 15.3. The lowest BCUT2D eigenvalue weighted by atomic mass is 9.90. The Balaban J connectivity index is 1.99. The standard InChI is InChI=1S/C16H30N2/c1-4-5-10-18-13-16(8-6-7-9-16)17-12-15(18)11-14(2)3/h4-5,14-15,17H,6-13H2,1-3H3/b5-4+. The van der Waals surface area contributed by atoms with E-state index in [9.17, 15) is 0 Å². The Labute approximate surface area is 113 Å². The van der Waals surface area contributed by atoms with Crippen molar-refractivity contribution in [3.05, 3.63) is 12.2 Å². The van der Waals surface area contributed by atoms with Crippen molar-refractivity contribution >= 4 is 0 Å². The lowest BCUT2D eigenvalue weighted by molar-refractivity contribution is 0.0799. The predicted octanol–water partition coefficient (Wildman–Crippen LogP) is 3.20. The molecule has 1 spiro atoms. The summed E-state index contributed by atoms with van der Waals surface area (Å²) >= 11 is 0. The Morgan fingerprint density at radius 1 is 1.33 bits per heavy atom. The van der Waals surface area contributed by atoms with Crippen LogP contribution in [-0.2, 0) is 0 Å². The minimum atomic E-state index is 0.453. The van der Waals surface area contributed by atoms with Gasteiger partial charge in [-0.05, 0) is 32.1 Å². The number of nitrogens with zero attached hydrogens (tertiary/aromatic N) is 1. The zero-order valence-corrected chi connectivity index (χ0v) is 12.4. The van der Waals surface area contributed by atoms with Gasteiger partial charge in [-0.2, -0.15) is 0 Å². The van der Waals surface area contributed by atoms with Crippen LogP contribution in [0.5, 0.6) is 0 Å². The minimum Gasteiger partial charge on any atom is -0.308 e. The average Bonchev–Trinajstić information content (AvgIpc) is 2.78. The quantitative estimate of drug-likeness (QED) is 0.771. The van der Waals surface area contributed by atoms with Gasteiger partial charge in [0.15, 0.2) is 0 Å². The maximum atomic E-state index is 3.89. The summed E-state index contributed by atoms with van der Waals surface area (Å²) in [7, 11) is 0. The summed E-state index contributed by atoms with van der Waals surface area (Å²) in [5, 5.41) is 3.89. The van der Waals surface area contributed by atoms with Gasteiger partial charge in [-0.1, -0.05) is 38.8 Å². The van der Waals surface area contributed by atoms with Gasteiger partial charge in [0, 0.05) is 31.2 Å². The molecule has 1 atom stereocenters. The molecule has 2 heteroatoms. The third kappa shape index (κ3) is 3.36. The van der Waals surface area contributed by atoms with Crippen molar-refractivity contribution in [3.8, 4) is 0 Å². The molecule has 18 heavy (non-hydrogen) atoms. The Morgan fingerprint density at radius 2 is 2.06 bits per heavy atom. The van der Waals surface area contributed by atoms with E-state index in [1.165, 1.54) is 45.2 Å². The number of hydrogen-bond acceptors (Lipinski definition) is 2. The van der Waals surface area contributed by atoms with Crippen LogP contribution in [0.15, 0.2) is 12.2 Å². The van der Waals surface area contributed by atoms with Gasteiger partial charge in [-0.25, -0.2) is 0 Å². The van der Waals surface area contributed by atoms with Crippen molar-refractivity contribution in [2.75, 3.05) is 19.6 Å². The van der Waals surface area contributed by atoms with Crippen LogP contribution in [0.3, 0.4) is 0 Å². The van der Waals surface area contributed by atoms with Gasteiger partial charge in [0.25, 0.3) is 0 Å². The molecule has 1 aliphatic heterocycles. The molecule has 1 heterocycles. The summed E-state index contributed by atoms with van der Waals surface area (Å²) in [4.78, 5) is 2.72. The smallest absolute Gasteiger partial charge is 0.0309 e. The summed E-state index contributed by atoms with van der Waals surface area (Å²) in [5.41, 5.74) is 0.453. The SMILES string of the molecule is C/C=C/CN1CC2(CCCC2)NCC1CC(C)C. The van der Waals surface area contributed by atoms with Crippen molar-refractivity contribution in [1.29, 1.82) is 0 Å². The van der Waals surface area contributed by atoms with Crippen LogP contribution in [0, 0.1) is 5.92 Å². The maximum Gasteiger partial charge on any atom is 0.0309 e. The third-order valence-corrected chi connectivity index (χ3v) is 4.61. The molecule has 2 fully saturated rings.